The minimum absolute atomic E-state index is 0.160. The molecule has 0 aliphatic carbocycles. The molecule has 0 unspecified atom stereocenters. The molecule has 1 aromatic heterocycles. The van der Waals surface area contributed by atoms with E-state index in [9.17, 15) is 9.18 Å². The van der Waals surface area contributed by atoms with Crippen LogP contribution >= 0.6 is 22.9 Å². The lowest BCUT2D eigenvalue weighted by Crippen LogP contribution is -2.11. The second-order valence-corrected chi connectivity index (χ2v) is 6.75. The van der Waals surface area contributed by atoms with Crippen molar-refractivity contribution in [2.75, 3.05) is 11.9 Å². The highest BCUT2D eigenvalue weighted by Crippen LogP contribution is 2.26. The van der Waals surface area contributed by atoms with Crippen LogP contribution in [0.15, 0.2) is 48.5 Å². The van der Waals surface area contributed by atoms with E-state index in [-0.39, 0.29) is 10.8 Å². The number of amides is 1. The standard InChI is InChI=1S/C19H15ClFN3O2S/c1-2-26-15-9-3-12(4-10-15)11-16(20)18-23-24-19(27-18)17(25)22-14-7-5-13(21)6-8-14/h3-11H,2H2,1H3,(H,22,25)/b16-11-. The average molecular weight is 404 g/mol. The first-order valence-corrected chi connectivity index (χ1v) is 9.25. The molecule has 0 spiro atoms. The molecule has 0 bridgehead atoms. The van der Waals surface area contributed by atoms with E-state index in [2.05, 4.69) is 15.5 Å². The van der Waals surface area contributed by atoms with Crippen LogP contribution in [0.5, 0.6) is 5.75 Å². The number of anilines is 1. The predicted octanol–water partition coefficient (Wildman–Crippen LogP) is 5.07. The molecule has 0 atom stereocenters. The summed E-state index contributed by atoms with van der Waals surface area (Å²) in [4.78, 5) is 12.2. The summed E-state index contributed by atoms with van der Waals surface area (Å²) in [6.45, 7) is 2.52. The maximum absolute atomic E-state index is 12.9. The molecule has 2 aromatic carbocycles. The van der Waals surface area contributed by atoms with Crippen molar-refractivity contribution in [2.45, 2.75) is 6.92 Å². The van der Waals surface area contributed by atoms with Gasteiger partial charge in [0.05, 0.1) is 11.6 Å². The number of ether oxygens (including phenoxy) is 1. The molecular weight excluding hydrogens is 389 g/mol. The zero-order valence-corrected chi connectivity index (χ0v) is 15.9. The van der Waals surface area contributed by atoms with E-state index in [1.807, 2.05) is 31.2 Å². The van der Waals surface area contributed by atoms with Gasteiger partial charge in [-0.3, -0.25) is 4.79 Å². The Morgan fingerprint density at radius 2 is 1.81 bits per heavy atom. The first-order valence-electron chi connectivity index (χ1n) is 8.06. The minimum Gasteiger partial charge on any atom is -0.494 e. The molecule has 27 heavy (non-hydrogen) atoms. The zero-order chi connectivity index (χ0) is 19.2. The number of halogens is 2. The van der Waals surface area contributed by atoms with Gasteiger partial charge in [0, 0.05) is 5.69 Å². The van der Waals surface area contributed by atoms with Crippen LogP contribution in [0.4, 0.5) is 10.1 Å². The van der Waals surface area contributed by atoms with Gasteiger partial charge in [0.1, 0.15) is 11.6 Å². The van der Waals surface area contributed by atoms with E-state index < -0.39 is 5.91 Å². The molecule has 138 valence electrons. The van der Waals surface area contributed by atoms with Crippen LogP contribution in [-0.4, -0.2) is 22.7 Å². The van der Waals surface area contributed by atoms with Crippen molar-refractivity contribution < 1.29 is 13.9 Å². The molecule has 0 saturated heterocycles. The molecular formula is C19H15ClFN3O2S. The molecule has 0 aliphatic rings. The molecule has 8 heteroatoms. The van der Waals surface area contributed by atoms with Gasteiger partial charge in [0.15, 0.2) is 5.01 Å². The lowest BCUT2D eigenvalue weighted by Gasteiger charge is -2.02. The SMILES string of the molecule is CCOc1ccc(/C=C(\Cl)c2nnc(C(=O)Nc3ccc(F)cc3)s2)cc1. The maximum atomic E-state index is 12.9. The van der Waals surface area contributed by atoms with Crippen molar-refractivity contribution in [3.05, 3.63) is 69.9 Å². The topological polar surface area (TPSA) is 64.1 Å². The van der Waals surface area contributed by atoms with Crippen molar-refractivity contribution in [2.24, 2.45) is 0 Å². The third kappa shape index (κ3) is 5.12. The van der Waals surface area contributed by atoms with Crippen LogP contribution in [0.1, 0.15) is 27.3 Å². The summed E-state index contributed by atoms with van der Waals surface area (Å²) in [5.74, 6) is -0.0326. The average Bonchev–Trinajstić information content (AvgIpc) is 3.16. The van der Waals surface area contributed by atoms with Crippen LogP contribution in [0, 0.1) is 5.82 Å². The summed E-state index contributed by atoms with van der Waals surface area (Å²) in [5.41, 5.74) is 1.34. The van der Waals surface area contributed by atoms with Crippen LogP contribution in [0.25, 0.3) is 11.1 Å². The van der Waals surface area contributed by atoms with E-state index in [1.165, 1.54) is 24.3 Å². The third-order valence-corrected chi connectivity index (χ3v) is 4.77. The Hall–Kier alpha value is -2.77. The Kier molecular flexibility index (Phi) is 6.16. The molecule has 0 fully saturated rings. The number of aromatic nitrogens is 2. The van der Waals surface area contributed by atoms with Gasteiger partial charge in [-0.25, -0.2) is 4.39 Å². The van der Waals surface area contributed by atoms with E-state index in [4.69, 9.17) is 16.3 Å². The molecule has 3 aromatic rings. The quantitative estimate of drug-likeness (QED) is 0.624. The highest BCUT2D eigenvalue weighted by molar-refractivity contribution is 7.15. The molecule has 3 rings (SSSR count). The third-order valence-electron chi connectivity index (χ3n) is 3.41. The summed E-state index contributed by atoms with van der Waals surface area (Å²) in [5, 5.41) is 11.4. The van der Waals surface area contributed by atoms with E-state index in [0.717, 1.165) is 22.6 Å². The number of nitrogens with zero attached hydrogens (tertiary/aromatic N) is 2. The van der Waals surface area contributed by atoms with Crippen LogP contribution in [0.2, 0.25) is 0 Å². The summed E-state index contributed by atoms with van der Waals surface area (Å²) in [6, 6.07) is 12.9. The fraction of sp³-hybridized carbons (Fsp3) is 0.105. The normalized spacial score (nSPS) is 11.3. The Morgan fingerprint density at radius 1 is 1.15 bits per heavy atom. The highest BCUT2D eigenvalue weighted by Gasteiger charge is 2.15. The summed E-state index contributed by atoms with van der Waals surface area (Å²) in [6.07, 6.45) is 1.74. The maximum Gasteiger partial charge on any atom is 0.286 e. The molecule has 1 N–H and O–H groups in total. The smallest absolute Gasteiger partial charge is 0.286 e. The van der Waals surface area contributed by atoms with E-state index in [0.29, 0.717) is 22.3 Å². The lowest BCUT2D eigenvalue weighted by molar-refractivity contribution is 0.102. The first-order chi connectivity index (χ1) is 13.0. The van der Waals surface area contributed by atoms with Gasteiger partial charge < -0.3 is 10.1 Å². The monoisotopic (exact) mass is 403 g/mol. The van der Waals surface area contributed by atoms with Crippen LogP contribution in [-0.2, 0) is 0 Å². The molecule has 5 nitrogen and oxygen atoms in total. The second-order valence-electron chi connectivity index (χ2n) is 5.37. The number of rotatable bonds is 6. The molecule has 0 radical (unpaired) electrons. The fourth-order valence-electron chi connectivity index (χ4n) is 2.16. The molecule has 0 saturated carbocycles. The number of nitrogens with one attached hydrogen (secondary N) is 1. The van der Waals surface area contributed by atoms with Crippen molar-refractivity contribution in [1.82, 2.24) is 10.2 Å². The number of benzene rings is 2. The Labute approximate surface area is 164 Å². The Morgan fingerprint density at radius 3 is 2.48 bits per heavy atom. The fourth-order valence-corrected chi connectivity index (χ4v) is 3.09. The van der Waals surface area contributed by atoms with Crippen molar-refractivity contribution in [1.29, 1.82) is 0 Å². The van der Waals surface area contributed by atoms with Gasteiger partial charge in [-0.1, -0.05) is 35.1 Å². The van der Waals surface area contributed by atoms with Crippen LogP contribution in [0.3, 0.4) is 0 Å². The largest absolute Gasteiger partial charge is 0.494 e. The van der Waals surface area contributed by atoms with Crippen molar-refractivity contribution in [3.8, 4) is 5.75 Å². The van der Waals surface area contributed by atoms with Crippen molar-refractivity contribution in [3.63, 3.8) is 0 Å². The highest BCUT2D eigenvalue weighted by atomic mass is 35.5. The zero-order valence-electron chi connectivity index (χ0n) is 14.3. The Bertz CT molecular complexity index is 956. The van der Waals surface area contributed by atoms with Crippen molar-refractivity contribution >= 4 is 45.6 Å². The lowest BCUT2D eigenvalue weighted by atomic mass is 10.2. The van der Waals surface area contributed by atoms with Gasteiger partial charge in [0.2, 0.25) is 5.01 Å². The summed E-state index contributed by atoms with van der Waals surface area (Å²) in [7, 11) is 0. The van der Waals surface area contributed by atoms with E-state index in [1.54, 1.807) is 6.08 Å². The molecule has 0 aliphatic heterocycles. The van der Waals surface area contributed by atoms with Gasteiger partial charge >= 0.3 is 0 Å². The van der Waals surface area contributed by atoms with Gasteiger partial charge in [-0.15, -0.1) is 10.2 Å². The van der Waals surface area contributed by atoms with Gasteiger partial charge in [-0.05, 0) is 55.0 Å². The predicted molar refractivity (Wildman–Crippen MR) is 106 cm³/mol. The first kappa shape index (κ1) is 19.0. The number of hydrogen-bond donors (Lipinski definition) is 1. The molecule has 1 amide bonds. The number of carbonyl (C=O) groups is 1. The van der Waals surface area contributed by atoms with E-state index >= 15 is 0 Å². The second kappa shape index (κ2) is 8.75. The number of hydrogen-bond acceptors (Lipinski definition) is 5. The number of carbonyl (C=O) groups excluding carboxylic acids is 1. The summed E-state index contributed by atoms with van der Waals surface area (Å²) >= 11 is 7.37. The minimum atomic E-state index is -0.434. The van der Waals surface area contributed by atoms with Crippen LogP contribution < -0.4 is 10.1 Å². The summed E-state index contributed by atoms with van der Waals surface area (Å²) < 4.78 is 18.3. The molecule has 1 heterocycles. The van der Waals surface area contributed by atoms with Gasteiger partial charge in [0.25, 0.3) is 5.91 Å². The van der Waals surface area contributed by atoms with Gasteiger partial charge in [-0.2, -0.15) is 0 Å². The Balaban J connectivity index is 1.70.